The first kappa shape index (κ1) is 17.5. The largest absolute Gasteiger partial charge is 0.497 e. The van der Waals surface area contributed by atoms with E-state index in [-0.39, 0.29) is 11.6 Å². The monoisotopic (exact) mass is 332 g/mol. The molecule has 0 saturated heterocycles. The van der Waals surface area contributed by atoms with Crippen LogP contribution in [-0.4, -0.2) is 50.4 Å². The van der Waals surface area contributed by atoms with Crippen molar-refractivity contribution in [1.82, 2.24) is 9.97 Å². The third-order valence-electron chi connectivity index (χ3n) is 3.15. The molecule has 0 aliphatic carbocycles. The van der Waals surface area contributed by atoms with Gasteiger partial charge in [0.1, 0.15) is 23.0 Å². The minimum atomic E-state index is -0.380. The Labute approximate surface area is 140 Å². The van der Waals surface area contributed by atoms with Gasteiger partial charge in [-0.15, -0.1) is 0 Å². The Morgan fingerprint density at radius 3 is 2.58 bits per heavy atom. The molecular formula is C16H20N4O4. The molecule has 1 aromatic heterocycles. The zero-order valence-corrected chi connectivity index (χ0v) is 13.8. The minimum absolute atomic E-state index is 0.199. The number of methoxy groups -OCH3 is 3. The van der Waals surface area contributed by atoms with Crippen LogP contribution < -0.4 is 20.1 Å². The second kappa shape index (κ2) is 8.68. The maximum absolute atomic E-state index is 12.3. The van der Waals surface area contributed by atoms with Crippen LogP contribution >= 0.6 is 0 Å². The molecule has 0 aliphatic heterocycles. The van der Waals surface area contributed by atoms with Crippen LogP contribution in [0.4, 0.5) is 11.5 Å². The van der Waals surface area contributed by atoms with Crippen LogP contribution in [0.15, 0.2) is 30.6 Å². The number of carbonyl (C=O) groups is 1. The molecule has 0 bridgehead atoms. The Morgan fingerprint density at radius 1 is 1.12 bits per heavy atom. The molecule has 128 valence electrons. The molecule has 0 saturated carbocycles. The quantitative estimate of drug-likeness (QED) is 0.712. The zero-order valence-electron chi connectivity index (χ0n) is 13.8. The van der Waals surface area contributed by atoms with Crippen LogP contribution in [0, 0.1) is 0 Å². The van der Waals surface area contributed by atoms with Gasteiger partial charge in [0.2, 0.25) is 0 Å². The van der Waals surface area contributed by atoms with E-state index in [1.807, 2.05) is 0 Å². The van der Waals surface area contributed by atoms with Crippen LogP contribution in [0.1, 0.15) is 10.5 Å². The Hall–Kier alpha value is -2.87. The number of aromatic nitrogens is 2. The highest BCUT2D eigenvalue weighted by Crippen LogP contribution is 2.29. The molecule has 0 unspecified atom stereocenters. The average Bonchev–Trinajstić information content (AvgIpc) is 2.62. The van der Waals surface area contributed by atoms with E-state index in [1.54, 1.807) is 32.4 Å². The summed E-state index contributed by atoms with van der Waals surface area (Å²) in [6.07, 6.45) is 2.90. The van der Waals surface area contributed by atoms with Crippen molar-refractivity contribution in [1.29, 1.82) is 0 Å². The molecule has 8 heteroatoms. The van der Waals surface area contributed by atoms with Gasteiger partial charge in [0.25, 0.3) is 5.91 Å². The lowest BCUT2D eigenvalue weighted by molar-refractivity contribution is 0.102. The van der Waals surface area contributed by atoms with Gasteiger partial charge in [-0.25, -0.2) is 9.97 Å². The number of benzene rings is 1. The molecule has 2 N–H and O–H groups in total. The highest BCUT2D eigenvalue weighted by atomic mass is 16.5. The fraction of sp³-hybridized carbons (Fsp3) is 0.312. The standard InChI is InChI=1S/C16H20N4O4/c1-22-7-6-17-15-10-18-13(9-19-15)16(21)20-12-5-4-11(23-2)8-14(12)24-3/h4-5,8-10H,6-7H2,1-3H3,(H,17,19)(H,20,21). The van der Waals surface area contributed by atoms with Gasteiger partial charge >= 0.3 is 0 Å². The second-order valence-electron chi connectivity index (χ2n) is 4.73. The maximum Gasteiger partial charge on any atom is 0.275 e. The normalized spacial score (nSPS) is 10.1. The van der Waals surface area contributed by atoms with Crippen molar-refractivity contribution in [2.45, 2.75) is 0 Å². The van der Waals surface area contributed by atoms with E-state index in [4.69, 9.17) is 14.2 Å². The summed E-state index contributed by atoms with van der Waals surface area (Å²) in [5.74, 6) is 1.32. The van der Waals surface area contributed by atoms with E-state index >= 15 is 0 Å². The topological polar surface area (TPSA) is 94.6 Å². The molecule has 0 spiro atoms. The van der Waals surface area contributed by atoms with Crippen LogP contribution in [-0.2, 0) is 4.74 Å². The number of hydrogen-bond donors (Lipinski definition) is 2. The number of nitrogens with one attached hydrogen (secondary N) is 2. The number of carbonyl (C=O) groups excluding carboxylic acids is 1. The molecule has 1 heterocycles. The molecule has 2 rings (SSSR count). The molecule has 2 aromatic rings. The first-order chi connectivity index (χ1) is 11.7. The Bertz CT molecular complexity index is 676. The van der Waals surface area contributed by atoms with Gasteiger partial charge in [0.05, 0.1) is 38.9 Å². The number of rotatable bonds is 8. The summed E-state index contributed by atoms with van der Waals surface area (Å²) in [7, 11) is 4.70. The first-order valence-electron chi connectivity index (χ1n) is 7.26. The van der Waals surface area contributed by atoms with Gasteiger partial charge in [0, 0.05) is 19.7 Å². The van der Waals surface area contributed by atoms with E-state index in [0.29, 0.717) is 36.2 Å². The Balaban J connectivity index is 2.04. The first-order valence-corrected chi connectivity index (χ1v) is 7.26. The van der Waals surface area contributed by atoms with Crippen molar-refractivity contribution in [2.24, 2.45) is 0 Å². The summed E-state index contributed by atoms with van der Waals surface area (Å²) in [5, 5.41) is 5.77. The van der Waals surface area contributed by atoms with Crippen LogP contribution in [0.25, 0.3) is 0 Å². The van der Waals surface area contributed by atoms with Gasteiger partial charge in [-0.3, -0.25) is 4.79 Å². The van der Waals surface area contributed by atoms with Gasteiger partial charge in [-0.1, -0.05) is 0 Å². The summed E-state index contributed by atoms with van der Waals surface area (Å²) >= 11 is 0. The van der Waals surface area contributed by atoms with Crippen molar-refractivity contribution in [3.63, 3.8) is 0 Å². The fourth-order valence-corrected chi connectivity index (χ4v) is 1.91. The smallest absolute Gasteiger partial charge is 0.275 e. The molecule has 0 radical (unpaired) electrons. The van der Waals surface area contributed by atoms with Crippen molar-refractivity contribution < 1.29 is 19.0 Å². The fourth-order valence-electron chi connectivity index (χ4n) is 1.91. The van der Waals surface area contributed by atoms with Gasteiger partial charge < -0.3 is 24.8 Å². The summed E-state index contributed by atoms with van der Waals surface area (Å²) in [5.41, 5.74) is 0.720. The number of amides is 1. The highest BCUT2D eigenvalue weighted by Gasteiger charge is 2.12. The van der Waals surface area contributed by atoms with E-state index in [0.717, 1.165) is 0 Å². The van der Waals surface area contributed by atoms with Gasteiger partial charge in [-0.05, 0) is 12.1 Å². The van der Waals surface area contributed by atoms with Gasteiger partial charge in [-0.2, -0.15) is 0 Å². The second-order valence-corrected chi connectivity index (χ2v) is 4.73. The van der Waals surface area contributed by atoms with E-state index in [2.05, 4.69) is 20.6 Å². The molecule has 0 atom stereocenters. The van der Waals surface area contributed by atoms with Crippen LogP contribution in [0.5, 0.6) is 11.5 Å². The van der Waals surface area contributed by atoms with E-state index in [1.165, 1.54) is 19.5 Å². The summed E-state index contributed by atoms with van der Waals surface area (Å²) < 4.78 is 15.3. The summed E-state index contributed by atoms with van der Waals surface area (Å²) in [4.78, 5) is 20.5. The number of hydrogen-bond acceptors (Lipinski definition) is 7. The predicted octanol–water partition coefficient (Wildman–Crippen LogP) is 1.80. The van der Waals surface area contributed by atoms with Crippen LogP contribution in [0.3, 0.4) is 0 Å². The third kappa shape index (κ3) is 4.56. The number of anilines is 2. The lowest BCUT2D eigenvalue weighted by Gasteiger charge is -2.11. The van der Waals surface area contributed by atoms with Crippen LogP contribution in [0.2, 0.25) is 0 Å². The molecule has 1 aromatic carbocycles. The average molecular weight is 332 g/mol. The highest BCUT2D eigenvalue weighted by molar-refractivity contribution is 6.03. The Morgan fingerprint density at radius 2 is 1.96 bits per heavy atom. The summed E-state index contributed by atoms with van der Waals surface area (Å²) in [6.45, 7) is 1.17. The van der Waals surface area contributed by atoms with Crippen molar-refractivity contribution in [3.05, 3.63) is 36.3 Å². The van der Waals surface area contributed by atoms with E-state index in [9.17, 15) is 4.79 Å². The van der Waals surface area contributed by atoms with E-state index < -0.39 is 0 Å². The van der Waals surface area contributed by atoms with Gasteiger partial charge in [0.15, 0.2) is 0 Å². The Kier molecular flexibility index (Phi) is 6.32. The SMILES string of the molecule is COCCNc1cnc(C(=O)Nc2ccc(OC)cc2OC)cn1. The third-order valence-corrected chi connectivity index (χ3v) is 3.15. The van der Waals surface area contributed by atoms with Crippen molar-refractivity contribution in [3.8, 4) is 11.5 Å². The molecule has 0 aliphatic rings. The molecule has 8 nitrogen and oxygen atoms in total. The number of nitrogens with zero attached hydrogens (tertiary/aromatic N) is 2. The minimum Gasteiger partial charge on any atom is -0.497 e. The maximum atomic E-state index is 12.3. The zero-order chi connectivity index (χ0) is 17.4. The molecule has 24 heavy (non-hydrogen) atoms. The molecule has 1 amide bonds. The van der Waals surface area contributed by atoms with Crippen molar-refractivity contribution >= 4 is 17.4 Å². The summed E-state index contributed by atoms with van der Waals surface area (Å²) in [6, 6.07) is 5.11. The lowest BCUT2D eigenvalue weighted by Crippen LogP contribution is -2.15. The molecule has 0 fully saturated rings. The number of ether oxygens (including phenoxy) is 3. The predicted molar refractivity (Wildman–Crippen MR) is 89.9 cm³/mol. The van der Waals surface area contributed by atoms with Crippen molar-refractivity contribution in [2.75, 3.05) is 45.1 Å². The lowest BCUT2D eigenvalue weighted by atomic mass is 10.2. The molecular weight excluding hydrogens is 312 g/mol.